The molecule has 1 aliphatic rings. The number of carbonyl (C=O) groups is 1. The van der Waals surface area contributed by atoms with Crippen LogP contribution in [0.4, 0.5) is 0 Å². The molecule has 1 unspecified atom stereocenters. The molecule has 0 aromatic heterocycles. The molecule has 2 rings (SSSR count). The summed E-state index contributed by atoms with van der Waals surface area (Å²) in [6, 6.07) is 5.49. The largest absolute Gasteiger partial charge is 0.508 e. The number of phenols is 1. The van der Waals surface area contributed by atoms with Crippen LogP contribution in [-0.4, -0.2) is 54.0 Å². The monoisotopic (exact) mass is 262 g/mol. The van der Waals surface area contributed by atoms with Gasteiger partial charge in [0.15, 0.2) is 0 Å². The minimum Gasteiger partial charge on any atom is -0.508 e. The van der Waals surface area contributed by atoms with Crippen LogP contribution in [0.15, 0.2) is 18.2 Å². The Hall–Kier alpha value is -1.55. The smallest absolute Gasteiger partial charge is 0.253 e. The van der Waals surface area contributed by atoms with Gasteiger partial charge >= 0.3 is 0 Å². The molecule has 0 aliphatic carbocycles. The van der Waals surface area contributed by atoms with E-state index in [0.717, 1.165) is 31.5 Å². The lowest BCUT2D eigenvalue weighted by Gasteiger charge is -2.36. The molecule has 1 fully saturated rings. The first kappa shape index (κ1) is 13.9. The Balaban J connectivity index is 2.12. The average molecular weight is 262 g/mol. The Labute approximate surface area is 114 Å². The maximum absolute atomic E-state index is 12.5. The van der Waals surface area contributed by atoms with E-state index < -0.39 is 0 Å². The van der Waals surface area contributed by atoms with Crippen LogP contribution in [0.2, 0.25) is 0 Å². The number of hydrogen-bond donors (Lipinski definition) is 1. The van der Waals surface area contributed by atoms with E-state index in [-0.39, 0.29) is 11.7 Å². The average Bonchev–Trinajstić information content (AvgIpc) is 2.41. The van der Waals surface area contributed by atoms with Crippen LogP contribution in [-0.2, 0) is 0 Å². The minimum absolute atomic E-state index is 0.0645. The lowest BCUT2D eigenvalue weighted by atomic mass is 10.0. The molecule has 4 nitrogen and oxygen atoms in total. The zero-order chi connectivity index (χ0) is 14.0. The van der Waals surface area contributed by atoms with Gasteiger partial charge in [-0.2, -0.15) is 0 Å². The normalized spacial score (nSPS) is 19.8. The zero-order valence-electron chi connectivity index (χ0n) is 11.9. The van der Waals surface area contributed by atoms with Gasteiger partial charge in [0.05, 0.1) is 0 Å². The summed E-state index contributed by atoms with van der Waals surface area (Å²) in [5.74, 6) is 0.302. The molecule has 0 radical (unpaired) electrons. The number of likely N-dealkylation sites (N-methyl/N-ethyl adjacent to an activating group) is 1. The predicted molar refractivity (Wildman–Crippen MR) is 75.5 cm³/mol. The lowest BCUT2D eigenvalue weighted by molar-refractivity contribution is 0.0635. The van der Waals surface area contributed by atoms with Crippen LogP contribution < -0.4 is 0 Å². The van der Waals surface area contributed by atoms with Gasteiger partial charge < -0.3 is 14.9 Å². The first-order valence-electron chi connectivity index (χ1n) is 6.74. The second-order valence-corrected chi connectivity index (χ2v) is 5.51. The number of rotatable bonds is 2. The molecule has 0 saturated carbocycles. The van der Waals surface area contributed by atoms with Gasteiger partial charge in [-0.15, -0.1) is 0 Å². The highest BCUT2D eigenvalue weighted by molar-refractivity contribution is 5.94. The summed E-state index contributed by atoms with van der Waals surface area (Å²) in [5, 5.41) is 9.52. The molecule has 1 saturated heterocycles. The molecular weight excluding hydrogens is 240 g/mol. The van der Waals surface area contributed by atoms with Crippen molar-refractivity contribution < 1.29 is 9.90 Å². The van der Waals surface area contributed by atoms with Crippen molar-refractivity contribution in [2.75, 3.05) is 27.2 Å². The number of amides is 1. The topological polar surface area (TPSA) is 43.8 Å². The second kappa shape index (κ2) is 5.61. The highest BCUT2D eigenvalue weighted by Crippen LogP contribution is 2.20. The van der Waals surface area contributed by atoms with Gasteiger partial charge in [-0.1, -0.05) is 0 Å². The standard InChI is InChI=1S/C15H22N2O2/c1-11-9-12(6-7-14(11)18)15(19)17-8-4-5-13(10-17)16(2)3/h6-7,9,13,18H,4-5,8,10H2,1-3H3. The fraction of sp³-hybridized carbons (Fsp3) is 0.533. The summed E-state index contributed by atoms with van der Waals surface area (Å²) in [4.78, 5) is 16.6. The van der Waals surface area contributed by atoms with E-state index in [1.165, 1.54) is 0 Å². The van der Waals surface area contributed by atoms with E-state index >= 15 is 0 Å². The molecule has 1 aromatic carbocycles. The Morgan fingerprint density at radius 2 is 2.16 bits per heavy atom. The molecule has 1 N–H and O–H groups in total. The van der Waals surface area contributed by atoms with Crippen molar-refractivity contribution in [1.29, 1.82) is 0 Å². The number of aryl methyl sites for hydroxylation is 1. The number of hydrogen-bond acceptors (Lipinski definition) is 3. The van der Waals surface area contributed by atoms with Crippen LogP contribution >= 0.6 is 0 Å². The van der Waals surface area contributed by atoms with E-state index in [4.69, 9.17) is 0 Å². The van der Waals surface area contributed by atoms with Crippen LogP contribution in [0.5, 0.6) is 5.75 Å². The Morgan fingerprint density at radius 3 is 2.79 bits per heavy atom. The third kappa shape index (κ3) is 3.07. The zero-order valence-corrected chi connectivity index (χ0v) is 11.9. The molecule has 0 bridgehead atoms. The first-order valence-corrected chi connectivity index (χ1v) is 6.74. The van der Waals surface area contributed by atoms with Gasteiger partial charge in [0.1, 0.15) is 5.75 Å². The van der Waals surface area contributed by atoms with Gasteiger partial charge in [-0.3, -0.25) is 4.79 Å². The molecule has 0 spiro atoms. The highest BCUT2D eigenvalue weighted by Gasteiger charge is 2.25. The van der Waals surface area contributed by atoms with Crippen molar-refractivity contribution in [2.24, 2.45) is 0 Å². The number of likely N-dealkylation sites (tertiary alicyclic amines) is 1. The number of carbonyl (C=O) groups excluding carboxylic acids is 1. The van der Waals surface area contributed by atoms with E-state index in [9.17, 15) is 9.90 Å². The minimum atomic E-state index is 0.0645. The molecule has 104 valence electrons. The summed E-state index contributed by atoms with van der Waals surface area (Å²) in [6.45, 7) is 3.42. The van der Waals surface area contributed by atoms with Crippen LogP contribution in [0, 0.1) is 6.92 Å². The summed E-state index contributed by atoms with van der Waals surface area (Å²) in [7, 11) is 4.12. The lowest BCUT2D eigenvalue weighted by Crippen LogP contribution is -2.47. The Bertz CT molecular complexity index is 471. The molecule has 1 aromatic rings. The van der Waals surface area contributed by atoms with Gasteiger partial charge in [0, 0.05) is 24.7 Å². The summed E-state index contributed by atoms with van der Waals surface area (Å²) in [6.07, 6.45) is 2.19. The molecule has 19 heavy (non-hydrogen) atoms. The van der Waals surface area contributed by atoms with Crippen molar-refractivity contribution in [3.63, 3.8) is 0 Å². The van der Waals surface area contributed by atoms with Crippen molar-refractivity contribution in [2.45, 2.75) is 25.8 Å². The van der Waals surface area contributed by atoms with Crippen molar-refractivity contribution >= 4 is 5.91 Å². The third-order valence-electron chi connectivity index (χ3n) is 3.86. The fourth-order valence-electron chi connectivity index (χ4n) is 2.53. The van der Waals surface area contributed by atoms with E-state index in [2.05, 4.69) is 19.0 Å². The maximum Gasteiger partial charge on any atom is 0.253 e. The van der Waals surface area contributed by atoms with Gasteiger partial charge in [-0.05, 0) is 57.6 Å². The van der Waals surface area contributed by atoms with Crippen LogP contribution in [0.3, 0.4) is 0 Å². The summed E-state index contributed by atoms with van der Waals surface area (Å²) >= 11 is 0. The molecular formula is C15H22N2O2. The number of aromatic hydroxyl groups is 1. The highest BCUT2D eigenvalue weighted by atomic mass is 16.3. The molecule has 1 atom stereocenters. The molecule has 4 heteroatoms. The predicted octanol–water partition coefficient (Wildman–Crippen LogP) is 1.87. The summed E-state index contributed by atoms with van der Waals surface area (Å²) < 4.78 is 0. The van der Waals surface area contributed by atoms with Gasteiger partial charge in [-0.25, -0.2) is 0 Å². The number of nitrogens with zero attached hydrogens (tertiary/aromatic N) is 2. The first-order chi connectivity index (χ1) is 8.99. The number of benzene rings is 1. The number of phenolic OH excluding ortho intramolecular Hbond substituents is 1. The van der Waals surface area contributed by atoms with E-state index in [1.54, 1.807) is 18.2 Å². The van der Waals surface area contributed by atoms with Crippen LogP contribution in [0.25, 0.3) is 0 Å². The molecule has 1 heterocycles. The van der Waals surface area contributed by atoms with E-state index in [1.807, 2.05) is 11.8 Å². The second-order valence-electron chi connectivity index (χ2n) is 5.51. The maximum atomic E-state index is 12.5. The molecule has 1 amide bonds. The van der Waals surface area contributed by atoms with Crippen molar-refractivity contribution in [1.82, 2.24) is 9.80 Å². The molecule has 1 aliphatic heterocycles. The van der Waals surface area contributed by atoms with Crippen molar-refractivity contribution in [3.8, 4) is 5.75 Å². The third-order valence-corrected chi connectivity index (χ3v) is 3.86. The fourth-order valence-corrected chi connectivity index (χ4v) is 2.53. The van der Waals surface area contributed by atoms with Crippen molar-refractivity contribution in [3.05, 3.63) is 29.3 Å². The Morgan fingerprint density at radius 1 is 1.42 bits per heavy atom. The Kier molecular flexibility index (Phi) is 4.10. The summed E-state index contributed by atoms with van der Waals surface area (Å²) in [5.41, 5.74) is 1.40. The van der Waals surface area contributed by atoms with Gasteiger partial charge in [0.25, 0.3) is 5.91 Å². The van der Waals surface area contributed by atoms with Crippen LogP contribution in [0.1, 0.15) is 28.8 Å². The SMILES string of the molecule is Cc1cc(C(=O)N2CCCC(N(C)C)C2)ccc1O. The number of piperidine rings is 1. The van der Waals surface area contributed by atoms with E-state index in [0.29, 0.717) is 11.6 Å². The van der Waals surface area contributed by atoms with Gasteiger partial charge in [0.2, 0.25) is 0 Å². The quantitative estimate of drug-likeness (QED) is 0.885.